The zero-order valence-electron chi connectivity index (χ0n) is 10.0. The molecule has 0 aliphatic carbocycles. The molecule has 0 radical (unpaired) electrons. The summed E-state index contributed by atoms with van der Waals surface area (Å²) < 4.78 is 5.40. The van der Waals surface area contributed by atoms with E-state index in [2.05, 4.69) is 18.4 Å². The monoisotopic (exact) mass is 212 g/mol. The molecule has 2 N–H and O–H groups in total. The number of likely N-dealkylation sites (tertiary alicyclic amines) is 1. The van der Waals surface area contributed by atoms with Gasteiger partial charge in [-0.05, 0) is 19.3 Å². The highest BCUT2D eigenvalue weighted by Gasteiger charge is 2.27. The van der Waals surface area contributed by atoms with E-state index in [0.717, 1.165) is 38.9 Å². The Labute approximate surface area is 93.3 Å². The van der Waals surface area contributed by atoms with Gasteiger partial charge in [-0.15, -0.1) is 0 Å². The Morgan fingerprint density at radius 1 is 1.60 bits per heavy atom. The molecule has 1 heterocycles. The molecule has 3 nitrogen and oxygen atoms in total. The summed E-state index contributed by atoms with van der Waals surface area (Å²) in [6, 6.07) is 0.465. The molecule has 15 heavy (non-hydrogen) atoms. The van der Waals surface area contributed by atoms with Gasteiger partial charge in [-0.25, -0.2) is 0 Å². The van der Waals surface area contributed by atoms with E-state index in [1.165, 1.54) is 5.57 Å². The Hall–Kier alpha value is -0.380. The SMILES string of the molecule is C=C(CC)CN1CCC(OC)CC1CN. The van der Waals surface area contributed by atoms with Gasteiger partial charge in [-0.1, -0.05) is 19.1 Å². The zero-order chi connectivity index (χ0) is 11.3. The number of hydrogen-bond donors (Lipinski definition) is 1. The molecule has 0 bridgehead atoms. The summed E-state index contributed by atoms with van der Waals surface area (Å²) >= 11 is 0. The lowest BCUT2D eigenvalue weighted by Gasteiger charge is -2.38. The third kappa shape index (κ3) is 3.59. The van der Waals surface area contributed by atoms with E-state index >= 15 is 0 Å². The lowest BCUT2D eigenvalue weighted by atomic mass is 9.98. The van der Waals surface area contributed by atoms with Crippen LogP contribution in [0.15, 0.2) is 12.2 Å². The Morgan fingerprint density at radius 2 is 2.33 bits per heavy atom. The van der Waals surface area contributed by atoms with Crippen molar-refractivity contribution in [2.24, 2.45) is 5.73 Å². The molecular formula is C12H24N2O. The van der Waals surface area contributed by atoms with Gasteiger partial charge in [-0.2, -0.15) is 0 Å². The second-order valence-corrected chi connectivity index (χ2v) is 4.35. The summed E-state index contributed by atoms with van der Waals surface area (Å²) in [6.07, 6.45) is 3.62. The normalized spacial score (nSPS) is 27.9. The fraction of sp³-hybridized carbons (Fsp3) is 0.833. The smallest absolute Gasteiger partial charge is 0.0599 e. The van der Waals surface area contributed by atoms with E-state index in [1.54, 1.807) is 7.11 Å². The third-order valence-corrected chi connectivity index (χ3v) is 3.32. The molecule has 0 saturated carbocycles. The minimum Gasteiger partial charge on any atom is -0.381 e. The first kappa shape index (κ1) is 12.7. The molecule has 1 fully saturated rings. The average molecular weight is 212 g/mol. The van der Waals surface area contributed by atoms with Crippen molar-refractivity contribution in [1.82, 2.24) is 4.90 Å². The van der Waals surface area contributed by atoms with Crippen molar-refractivity contribution >= 4 is 0 Å². The zero-order valence-corrected chi connectivity index (χ0v) is 10.0. The maximum Gasteiger partial charge on any atom is 0.0599 e. The van der Waals surface area contributed by atoms with E-state index in [-0.39, 0.29) is 0 Å². The molecule has 0 spiro atoms. The third-order valence-electron chi connectivity index (χ3n) is 3.32. The van der Waals surface area contributed by atoms with Crippen LogP contribution in [0.4, 0.5) is 0 Å². The summed E-state index contributed by atoms with van der Waals surface area (Å²) in [6.45, 7) is 9.01. The fourth-order valence-electron chi connectivity index (χ4n) is 2.13. The van der Waals surface area contributed by atoms with Crippen LogP contribution in [-0.2, 0) is 4.74 Å². The number of methoxy groups -OCH3 is 1. The molecule has 1 aliphatic rings. The Balaban J connectivity index is 2.47. The van der Waals surface area contributed by atoms with E-state index in [0.29, 0.717) is 12.1 Å². The Morgan fingerprint density at radius 3 is 2.87 bits per heavy atom. The predicted octanol–water partition coefficient (Wildman–Crippen LogP) is 1.39. The lowest BCUT2D eigenvalue weighted by Crippen LogP contribution is -2.49. The van der Waals surface area contributed by atoms with Crippen molar-refractivity contribution in [3.63, 3.8) is 0 Å². The van der Waals surface area contributed by atoms with E-state index < -0.39 is 0 Å². The van der Waals surface area contributed by atoms with Crippen molar-refractivity contribution in [2.75, 3.05) is 26.7 Å². The number of piperidine rings is 1. The van der Waals surface area contributed by atoms with Gasteiger partial charge in [-0.3, -0.25) is 4.90 Å². The standard InChI is InChI=1S/C12H24N2O/c1-4-10(2)9-14-6-5-12(15-3)7-11(14)8-13/h11-12H,2,4-9,13H2,1,3H3. The second kappa shape index (κ2) is 6.26. The first-order valence-electron chi connectivity index (χ1n) is 5.84. The molecule has 3 heteroatoms. The van der Waals surface area contributed by atoms with Crippen molar-refractivity contribution in [2.45, 2.75) is 38.3 Å². The predicted molar refractivity (Wildman–Crippen MR) is 63.9 cm³/mol. The molecule has 1 rings (SSSR count). The molecule has 0 aromatic carbocycles. The first-order valence-corrected chi connectivity index (χ1v) is 5.84. The molecule has 88 valence electrons. The van der Waals surface area contributed by atoms with Gasteiger partial charge in [0.2, 0.25) is 0 Å². The largest absolute Gasteiger partial charge is 0.381 e. The minimum absolute atomic E-state index is 0.393. The number of nitrogens with two attached hydrogens (primary N) is 1. The van der Waals surface area contributed by atoms with Gasteiger partial charge in [0.25, 0.3) is 0 Å². The van der Waals surface area contributed by atoms with Crippen molar-refractivity contribution in [3.05, 3.63) is 12.2 Å². The molecule has 2 atom stereocenters. The molecule has 1 saturated heterocycles. The molecular weight excluding hydrogens is 188 g/mol. The van der Waals surface area contributed by atoms with Crippen molar-refractivity contribution < 1.29 is 4.74 Å². The molecule has 0 aromatic rings. The highest BCUT2D eigenvalue weighted by Crippen LogP contribution is 2.20. The number of nitrogens with zero attached hydrogens (tertiary/aromatic N) is 1. The topological polar surface area (TPSA) is 38.5 Å². The van der Waals surface area contributed by atoms with Gasteiger partial charge in [0.15, 0.2) is 0 Å². The summed E-state index contributed by atoms with van der Waals surface area (Å²) in [5.41, 5.74) is 7.10. The van der Waals surface area contributed by atoms with Crippen LogP contribution in [-0.4, -0.2) is 43.8 Å². The Kier molecular flexibility index (Phi) is 5.29. The van der Waals surface area contributed by atoms with Gasteiger partial charge in [0.05, 0.1) is 6.10 Å². The quantitative estimate of drug-likeness (QED) is 0.700. The molecule has 0 aromatic heterocycles. The van der Waals surface area contributed by atoms with E-state index in [4.69, 9.17) is 10.5 Å². The first-order chi connectivity index (χ1) is 7.21. The van der Waals surface area contributed by atoms with Crippen LogP contribution in [0.5, 0.6) is 0 Å². The summed E-state index contributed by atoms with van der Waals surface area (Å²) in [5, 5.41) is 0. The van der Waals surface area contributed by atoms with Crippen LogP contribution in [0.2, 0.25) is 0 Å². The van der Waals surface area contributed by atoms with Gasteiger partial charge in [0, 0.05) is 32.8 Å². The van der Waals surface area contributed by atoms with Crippen LogP contribution >= 0.6 is 0 Å². The van der Waals surface area contributed by atoms with E-state index in [9.17, 15) is 0 Å². The number of hydrogen-bond acceptors (Lipinski definition) is 3. The number of ether oxygens (including phenoxy) is 1. The molecule has 0 amide bonds. The minimum atomic E-state index is 0.393. The molecule has 2 unspecified atom stereocenters. The lowest BCUT2D eigenvalue weighted by molar-refractivity contribution is 0.0166. The van der Waals surface area contributed by atoms with Crippen molar-refractivity contribution in [3.8, 4) is 0 Å². The van der Waals surface area contributed by atoms with E-state index in [1.807, 2.05) is 0 Å². The maximum atomic E-state index is 5.80. The number of rotatable bonds is 5. The van der Waals surface area contributed by atoms with Crippen LogP contribution in [0, 0.1) is 0 Å². The maximum absolute atomic E-state index is 5.80. The van der Waals surface area contributed by atoms with Gasteiger partial charge >= 0.3 is 0 Å². The molecule has 1 aliphatic heterocycles. The van der Waals surface area contributed by atoms with Crippen LogP contribution in [0.3, 0.4) is 0 Å². The highest BCUT2D eigenvalue weighted by atomic mass is 16.5. The van der Waals surface area contributed by atoms with Gasteiger partial charge < -0.3 is 10.5 Å². The van der Waals surface area contributed by atoms with Crippen LogP contribution in [0.1, 0.15) is 26.2 Å². The summed E-state index contributed by atoms with van der Waals surface area (Å²) in [7, 11) is 1.79. The fourth-order valence-corrected chi connectivity index (χ4v) is 2.13. The van der Waals surface area contributed by atoms with Gasteiger partial charge in [0.1, 0.15) is 0 Å². The average Bonchev–Trinajstić information content (AvgIpc) is 2.29. The highest BCUT2D eigenvalue weighted by molar-refractivity contribution is 4.98. The summed E-state index contributed by atoms with van der Waals surface area (Å²) in [4.78, 5) is 2.45. The van der Waals surface area contributed by atoms with Crippen LogP contribution < -0.4 is 5.73 Å². The van der Waals surface area contributed by atoms with Crippen molar-refractivity contribution in [1.29, 1.82) is 0 Å². The Bertz CT molecular complexity index is 206. The van der Waals surface area contributed by atoms with Crippen LogP contribution in [0.25, 0.3) is 0 Å². The summed E-state index contributed by atoms with van der Waals surface area (Å²) in [5.74, 6) is 0. The second-order valence-electron chi connectivity index (χ2n) is 4.35.